The van der Waals surface area contributed by atoms with Crippen LogP contribution < -0.4 is 15.0 Å². The SMILES string of the molecule is CCOc1ccccc1C(=O)Nc1nnc([C@H]2CC(=O)N(c3ccc(C)c(C)c3)C2)s1. The maximum absolute atomic E-state index is 12.7. The van der Waals surface area contributed by atoms with E-state index >= 15 is 0 Å². The van der Waals surface area contributed by atoms with Crippen LogP contribution >= 0.6 is 11.3 Å². The molecule has 8 heteroatoms. The Bertz CT molecular complexity index is 1130. The van der Waals surface area contributed by atoms with Gasteiger partial charge in [-0.2, -0.15) is 0 Å². The third kappa shape index (κ3) is 4.44. The monoisotopic (exact) mass is 436 g/mol. The molecule has 0 spiro atoms. The Kier molecular flexibility index (Phi) is 5.99. The van der Waals surface area contributed by atoms with Crippen LogP contribution in [0.5, 0.6) is 5.75 Å². The van der Waals surface area contributed by atoms with E-state index in [9.17, 15) is 9.59 Å². The van der Waals surface area contributed by atoms with Crippen molar-refractivity contribution < 1.29 is 14.3 Å². The summed E-state index contributed by atoms with van der Waals surface area (Å²) in [6.45, 7) is 6.99. The molecule has 1 saturated heterocycles. The fourth-order valence-corrected chi connectivity index (χ4v) is 4.40. The molecule has 4 rings (SSSR count). The van der Waals surface area contributed by atoms with Gasteiger partial charge in [0.15, 0.2) is 0 Å². The topological polar surface area (TPSA) is 84.4 Å². The molecule has 0 unspecified atom stereocenters. The molecule has 1 atom stereocenters. The highest BCUT2D eigenvalue weighted by atomic mass is 32.1. The molecule has 2 heterocycles. The van der Waals surface area contributed by atoms with Crippen molar-refractivity contribution in [2.75, 3.05) is 23.4 Å². The number of ether oxygens (including phenoxy) is 1. The Morgan fingerprint density at radius 1 is 1.19 bits per heavy atom. The van der Waals surface area contributed by atoms with Crippen LogP contribution in [-0.2, 0) is 4.79 Å². The maximum Gasteiger partial charge on any atom is 0.261 e. The minimum atomic E-state index is -0.300. The van der Waals surface area contributed by atoms with E-state index in [2.05, 4.69) is 22.4 Å². The molecule has 0 saturated carbocycles. The largest absolute Gasteiger partial charge is 0.493 e. The van der Waals surface area contributed by atoms with Gasteiger partial charge in [-0.15, -0.1) is 10.2 Å². The molecule has 0 bridgehead atoms. The zero-order valence-electron chi connectivity index (χ0n) is 17.7. The van der Waals surface area contributed by atoms with Gasteiger partial charge < -0.3 is 9.64 Å². The Hall–Kier alpha value is -3.26. The van der Waals surface area contributed by atoms with Gasteiger partial charge in [0.05, 0.1) is 12.2 Å². The Labute approximate surface area is 185 Å². The number of nitrogens with one attached hydrogen (secondary N) is 1. The molecular formula is C23H24N4O3S. The molecule has 1 aliphatic rings. The Morgan fingerprint density at radius 2 is 2.00 bits per heavy atom. The number of rotatable bonds is 6. The lowest BCUT2D eigenvalue weighted by molar-refractivity contribution is -0.117. The first-order valence-electron chi connectivity index (χ1n) is 10.2. The van der Waals surface area contributed by atoms with E-state index in [0.717, 1.165) is 16.3 Å². The van der Waals surface area contributed by atoms with Crippen LogP contribution in [-0.4, -0.2) is 35.2 Å². The third-order valence-corrected chi connectivity index (χ3v) is 6.37. The zero-order chi connectivity index (χ0) is 22.0. The highest BCUT2D eigenvalue weighted by Gasteiger charge is 2.34. The minimum absolute atomic E-state index is 0.0482. The summed E-state index contributed by atoms with van der Waals surface area (Å²) >= 11 is 1.30. The number of nitrogens with zero attached hydrogens (tertiary/aromatic N) is 3. The first-order valence-corrected chi connectivity index (χ1v) is 11.0. The number of para-hydroxylation sites is 1. The fourth-order valence-electron chi connectivity index (χ4n) is 3.57. The lowest BCUT2D eigenvalue weighted by atomic mass is 10.1. The second-order valence-corrected chi connectivity index (χ2v) is 8.51. The molecule has 3 aromatic rings. The molecule has 2 amide bonds. The average Bonchev–Trinajstić information content (AvgIpc) is 3.37. The predicted octanol–water partition coefficient (Wildman–Crippen LogP) is 4.33. The van der Waals surface area contributed by atoms with Crippen LogP contribution in [0, 0.1) is 13.8 Å². The molecule has 0 aliphatic carbocycles. The molecular weight excluding hydrogens is 412 g/mol. The molecule has 31 heavy (non-hydrogen) atoms. The molecule has 2 aromatic carbocycles. The normalized spacial score (nSPS) is 15.9. The predicted molar refractivity (Wildman–Crippen MR) is 121 cm³/mol. The van der Waals surface area contributed by atoms with E-state index in [0.29, 0.717) is 36.0 Å². The first kappa shape index (κ1) is 21.0. The van der Waals surface area contributed by atoms with E-state index in [1.54, 1.807) is 23.1 Å². The lowest BCUT2D eigenvalue weighted by Gasteiger charge is -2.17. The van der Waals surface area contributed by atoms with Crippen molar-refractivity contribution in [2.24, 2.45) is 0 Å². The van der Waals surface area contributed by atoms with Crippen LogP contribution in [0.3, 0.4) is 0 Å². The standard InChI is InChI=1S/C23H24N4O3S/c1-4-30-19-8-6-5-7-18(19)21(29)24-23-26-25-22(31-23)16-12-20(28)27(13-16)17-10-9-14(2)15(3)11-17/h5-11,16H,4,12-13H2,1-3H3,(H,24,26,29)/t16-/m0/s1. The molecule has 1 N–H and O–H groups in total. The van der Waals surface area contributed by atoms with Crippen molar-refractivity contribution in [1.29, 1.82) is 0 Å². The maximum atomic E-state index is 12.7. The molecule has 1 aliphatic heterocycles. The number of benzene rings is 2. The lowest BCUT2D eigenvalue weighted by Crippen LogP contribution is -2.24. The zero-order valence-corrected chi connectivity index (χ0v) is 18.5. The minimum Gasteiger partial charge on any atom is -0.493 e. The summed E-state index contributed by atoms with van der Waals surface area (Å²) in [6, 6.07) is 13.1. The van der Waals surface area contributed by atoms with Crippen molar-refractivity contribution in [3.05, 3.63) is 64.2 Å². The number of aryl methyl sites for hydroxylation is 2. The third-order valence-electron chi connectivity index (χ3n) is 5.37. The Morgan fingerprint density at radius 3 is 2.77 bits per heavy atom. The van der Waals surface area contributed by atoms with Crippen LogP contribution in [0.1, 0.15) is 45.8 Å². The summed E-state index contributed by atoms with van der Waals surface area (Å²) in [7, 11) is 0. The van der Waals surface area contributed by atoms with E-state index in [1.165, 1.54) is 16.9 Å². The molecule has 0 radical (unpaired) electrons. The van der Waals surface area contributed by atoms with Gasteiger partial charge in [0.25, 0.3) is 5.91 Å². The summed E-state index contributed by atoms with van der Waals surface area (Å²) in [6.07, 6.45) is 0.378. The highest BCUT2D eigenvalue weighted by Crippen LogP contribution is 2.35. The number of aromatic nitrogens is 2. The van der Waals surface area contributed by atoms with Gasteiger partial charge in [-0.3, -0.25) is 14.9 Å². The molecule has 160 valence electrons. The van der Waals surface area contributed by atoms with Gasteiger partial charge in [-0.05, 0) is 56.2 Å². The van der Waals surface area contributed by atoms with Crippen LogP contribution in [0.4, 0.5) is 10.8 Å². The van der Waals surface area contributed by atoms with Gasteiger partial charge in [0, 0.05) is 24.6 Å². The fraction of sp³-hybridized carbons (Fsp3) is 0.304. The Balaban J connectivity index is 1.46. The molecule has 1 aromatic heterocycles. The number of amides is 2. The van der Waals surface area contributed by atoms with E-state index in [1.807, 2.05) is 38.1 Å². The summed E-state index contributed by atoms with van der Waals surface area (Å²) in [5.74, 6) is 0.247. The first-order chi connectivity index (χ1) is 15.0. The smallest absolute Gasteiger partial charge is 0.261 e. The summed E-state index contributed by atoms with van der Waals surface area (Å²) in [5, 5.41) is 12.3. The van der Waals surface area contributed by atoms with Gasteiger partial charge in [0.1, 0.15) is 10.8 Å². The average molecular weight is 437 g/mol. The van der Waals surface area contributed by atoms with E-state index in [4.69, 9.17) is 4.74 Å². The summed E-state index contributed by atoms with van der Waals surface area (Å²) in [5.41, 5.74) is 3.70. The second kappa shape index (κ2) is 8.85. The van der Waals surface area contributed by atoms with Crippen molar-refractivity contribution in [1.82, 2.24) is 10.2 Å². The number of anilines is 2. The number of carbonyl (C=O) groups excluding carboxylic acids is 2. The molecule has 7 nitrogen and oxygen atoms in total. The van der Waals surface area contributed by atoms with E-state index in [-0.39, 0.29) is 17.7 Å². The summed E-state index contributed by atoms with van der Waals surface area (Å²) < 4.78 is 5.53. The van der Waals surface area contributed by atoms with Gasteiger partial charge in [-0.1, -0.05) is 29.5 Å². The molecule has 1 fully saturated rings. The van der Waals surface area contributed by atoms with Gasteiger partial charge in [0.2, 0.25) is 11.0 Å². The van der Waals surface area contributed by atoms with Crippen LogP contribution in [0.2, 0.25) is 0 Å². The second-order valence-electron chi connectivity index (χ2n) is 7.50. The van der Waals surface area contributed by atoms with Crippen molar-refractivity contribution in [2.45, 2.75) is 33.1 Å². The van der Waals surface area contributed by atoms with Crippen molar-refractivity contribution in [3.8, 4) is 5.75 Å². The highest BCUT2D eigenvalue weighted by molar-refractivity contribution is 7.15. The van der Waals surface area contributed by atoms with Gasteiger partial charge in [-0.25, -0.2) is 0 Å². The van der Waals surface area contributed by atoms with Crippen molar-refractivity contribution >= 4 is 34.0 Å². The number of hydrogen-bond acceptors (Lipinski definition) is 6. The number of hydrogen-bond donors (Lipinski definition) is 1. The van der Waals surface area contributed by atoms with Crippen molar-refractivity contribution in [3.63, 3.8) is 0 Å². The number of carbonyl (C=O) groups is 2. The van der Waals surface area contributed by atoms with Crippen LogP contribution in [0.15, 0.2) is 42.5 Å². The van der Waals surface area contributed by atoms with Crippen LogP contribution in [0.25, 0.3) is 0 Å². The van der Waals surface area contributed by atoms with E-state index < -0.39 is 0 Å². The summed E-state index contributed by atoms with van der Waals surface area (Å²) in [4.78, 5) is 27.1. The van der Waals surface area contributed by atoms with Gasteiger partial charge >= 0.3 is 0 Å². The quantitative estimate of drug-likeness (QED) is 0.622.